The Kier molecular flexibility index (Phi) is 8.01. The minimum Gasteiger partial charge on any atom is -0.481 e. The van der Waals surface area contributed by atoms with Crippen LogP contribution in [0.5, 0.6) is 0 Å². The van der Waals surface area contributed by atoms with E-state index in [4.69, 9.17) is 0 Å². The van der Waals surface area contributed by atoms with Crippen molar-refractivity contribution in [2.45, 2.75) is 65.2 Å². The molecule has 0 fully saturated rings. The lowest BCUT2D eigenvalue weighted by molar-refractivity contribution is -0.142. The molecule has 0 bridgehead atoms. The molecular formula is C18H28O2. The van der Waals surface area contributed by atoms with E-state index in [9.17, 15) is 9.90 Å². The molecule has 1 rings (SSSR count). The molecule has 0 heterocycles. The summed E-state index contributed by atoms with van der Waals surface area (Å²) in [4.78, 5) is 11.4. The lowest BCUT2D eigenvalue weighted by atomic mass is 9.91. The summed E-state index contributed by atoms with van der Waals surface area (Å²) in [6, 6.07) is 8.10. The van der Waals surface area contributed by atoms with E-state index < -0.39 is 5.97 Å². The molecule has 0 aromatic heterocycles. The van der Waals surface area contributed by atoms with E-state index in [1.165, 1.54) is 36.8 Å². The van der Waals surface area contributed by atoms with Crippen LogP contribution in [0, 0.1) is 12.8 Å². The normalized spacial score (nSPS) is 12.3. The summed E-state index contributed by atoms with van der Waals surface area (Å²) in [7, 11) is 0. The van der Waals surface area contributed by atoms with Gasteiger partial charge in [0.2, 0.25) is 0 Å². The monoisotopic (exact) mass is 276 g/mol. The minimum absolute atomic E-state index is 0.234. The summed E-state index contributed by atoms with van der Waals surface area (Å²) in [6.07, 6.45) is 8.74. The first-order valence-corrected chi connectivity index (χ1v) is 7.92. The third-order valence-electron chi connectivity index (χ3n) is 3.98. The quantitative estimate of drug-likeness (QED) is 0.611. The first-order chi connectivity index (χ1) is 9.65. The smallest absolute Gasteiger partial charge is 0.306 e. The van der Waals surface area contributed by atoms with Gasteiger partial charge in [-0.1, -0.05) is 69.7 Å². The van der Waals surface area contributed by atoms with Gasteiger partial charge < -0.3 is 5.11 Å². The van der Waals surface area contributed by atoms with Gasteiger partial charge in [0.15, 0.2) is 0 Å². The molecule has 1 aromatic rings. The van der Waals surface area contributed by atoms with Gasteiger partial charge in [0, 0.05) is 0 Å². The molecule has 0 aliphatic rings. The van der Waals surface area contributed by atoms with Gasteiger partial charge in [0.05, 0.1) is 5.92 Å². The van der Waals surface area contributed by atoms with Crippen molar-refractivity contribution in [2.75, 3.05) is 0 Å². The van der Waals surface area contributed by atoms with Crippen molar-refractivity contribution in [3.8, 4) is 0 Å². The Labute approximate surface area is 123 Å². The number of aliphatic carboxylic acids is 1. The van der Waals surface area contributed by atoms with E-state index >= 15 is 0 Å². The zero-order chi connectivity index (χ0) is 14.8. The minimum atomic E-state index is -0.651. The maximum absolute atomic E-state index is 11.4. The summed E-state index contributed by atoms with van der Waals surface area (Å²) in [5, 5.41) is 9.37. The molecule has 0 saturated carbocycles. The van der Waals surface area contributed by atoms with Crippen LogP contribution < -0.4 is 0 Å². The number of carboxylic acids is 1. The zero-order valence-electron chi connectivity index (χ0n) is 12.9. The van der Waals surface area contributed by atoms with E-state index in [1.54, 1.807) is 0 Å². The number of hydrogen-bond acceptors (Lipinski definition) is 1. The summed E-state index contributed by atoms with van der Waals surface area (Å²) >= 11 is 0. The number of unbranched alkanes of at least 4 members (excludes halogenated alkanes) is 5. The van der Waals surface area contributed by atoms with E-state index in [1.807, 2.05) is 18.2 Å². The zero-order valence-corrected chi connectivity index (χ0v) is 12.9. The van der Waals surface area contributed by atoms with Crippen LogP contribution in [0.4, 0.5) is 0 Å². The third-order valence-corrected chi connectivity index (χ3v) is 3.98. The topological polar surface area (TPSA) is 37.3 Å². The summed E-state index contributed by atoms with van der Waals surface area (Å²) in [6.45, 7) is 4.27. The van der Waals surface area contributed by atoms with Crippen molar-refractivity contribution in [2.24, 2.45) is 5.92 Å². The molecule has 0 aliphatic heterocycles. The molecule has 0 spiro atoms. The second-order valence-corrected chi connectivity index (χ2v) is 5.72. The molecule has 2 nitrogen and oxygen atoms in total. The highest BCUT2D eigenvalue weighted by Crippen LogP contribution is 2.19. The molecule has 20 heavy (non-hydrogen) atoms. The van der Waals surface area contributed by atoms with E-state index in [0.29, 0.717) is 6.42 Å². The molecule has 1 atom stereocenters. The van der Waals surface area contributed by atoms with Crippen molar-refractivity contribution < 1.29 is 9.90 Å². The van der Waals surface area contributed by atoms with Crippen molar-refractivity contribution in [1.29, 1.82) is 0 Å². The second-order valence-electron chi connectivity index (χ2n) is 5.72. The van der Waals surface area contributed by atoms with Gasteiger partial charge in [-0.25, -0.2) is 0 Å². The number of rotatable bonds is 10. The number of benzene rings is 1. The largest absolute Gasteiger partial charge is 0.481 e. The number of carbonyl (C=O) groups is 1. The second kappa shape index (κ2) is 9.57. The van der Waals surface area contributed by atoms with E-state index in [2.05, 4.69) is 19.9 Å². The number of carboxylic acid groups (broad SMARTS) is 1. The van der Waals surface area contributed by atoms with Crippen LogP contribution >= 0.6 is 0 Å². The molecule has 1 unspecified atom stereocenters. The summed E-state index contributed by atoms with van der Waals surface area (Å²) < 4.78 is 0. The number of hydrogen-bond donors (Lipinski definition) is 1. The van der Waals surface area contributed by atoms with Crippen molar-refractivity contribution in [1.82, 2.24) is 0 Å². The fourth-order valence-corrected chi connectivity index (χ4v) is 2.59. The van der Waals surface area contributed by atoms with Gasteiger partial charge in [-0.3, -0.25) is 4.79 Å². The van der Waals surface area contributed by atoms with Gasteiger partial charge in [0.1, 0.15) is 0 Å². The van der Waals surface area contributed by atoms with Gasteiger partial charge in [-0.2, -0.15) is 0 Å². The predicted octanol–water partition coefficient (Wildman–Crippen LogP) is 4.99. The van der Waals surface area contributed by atoms with Crippen LogP contribution in [0.25, 0.3) is 0 Å². The average molecular weight is 276 g/mol. The van der Waals surface area contributed by atoms with E-state index in [0.717, 1.165) is 19.3 Å². The van der Waals surface area contributed by atoms with Crippen LogP contribution in [0.3, 0.4) is 0 Å². The fraction of sp³-hybridized carbons (Fsp3) is 0.611. The molecule has 0 amide bonds. The summed E-state index contributed by atoms with van der Waals surface area (Å²) in [5.74, 6) is -0.885. The van der Waals surface area contributed by atoms with Gasteiger partial charge in [-0.05, 0) is 30.9 Å². The first-order valence-electron chi connectivity index (χ1n) is 7.92. The Balaban J connectivity index is 2.38. The van der Waals surface area contributed by atoms with Crippen molar-refractivity contribution in [3.63, 3.8) is 0 Å². The fourth-order valence-electron chi connectivity index (χ4n) is 2.59. The molecule has 2 heteroatoms. The Morgan fingerprint density at radius 2 is 1.75 bits per heavy atom. The van der Waals surface area contributed by atoms with E-state index in [-0.39, 0.29) is 5.92 Å². The van der Waals surface area contributed by atoms with Crippen LogP contribution in [-0.2, 0) is 11.2 Å². The average Bonchev–Trinajstić information content (AvgIpc) is 2.43. The molecule has 0 radical (unpaired) electrons. The van der Waals surface area contributed by atoms with Crippen molar-refractivity contribution >= 4 is 5.97 Å². The molecular weight excluding hydrogens is 248 g/mol. The lowest BCUT2D eigenvalue weighted by Crippen LogP contribution is -2.17. The molecule has 0 aliphatic carbocycles. The highest BCUT2D eigenvalue weighted by Gasteiger charge is 2.18. The van der Waals surface area contributed by atoms with Crippen LogP contribution in [0.1, 0.15) is 63.0 Å². The Morgan fingerprint density at radius 1 is 1.10 bits per heavy atom. The van der Waals surface area contributed by atoms with Gasteiger partial charge >= 0.3 is 5.97 Å². The SMILES string of the molecule is CCCCCCCCC(Cc1ccccc1C)C(=O)O. The maximum Gasteiger partial charge on any atom is 0.306 e. The maximum atomic E-state index is 11.4. The first kappa shape index (κ1) is 16.7. The van der Waals surface area contributed by atoms with Gasteiger partial charge in [0.25, 0.3) is 0 Å². The van der Waals surface area contributed by atoms with Crippen molar-refractivity contribution in [3.05, 3.63) is 35.4 Å². The van der Waals surface area contributed by atoms with Crippen LogP contribution in [0.2, 0.25) is 0 Å². The molecule has 112 valence electrons. The highest BCUT2D eigenvalue weighted by atomic mass is 16.4. The Bertz CT molecular complexity index is 398. The molecule has 1 aromatic carbocycles. The molecule has 0 saturated heterocycles. The van der Waals surface area contributed by atoms with Crippen LogP contribution in [-0.4, -0.2) is 11.1 Å². The predicted molar refractivity (Wildman–Crippen MR) is 84.0 cm³/mol. The van der Waals surface area contributed by atoms with Crippen LogP contribution in [0.15, 0.2) is 24.3 Å². The molecule has 1 N–H and O–H groups in total. The Morgan fingerprint density at radius 3 is 2.40 bits per heavy atom. The van der Waals surface area contributed by atoms with Gasteiger partial charge in [-0.15, -0.1) is 0 Å². The lowest BCUT2D eigenvalue weighted by Gasteiger charge is -2.14. The Hall–Kier alpha value is -1.31. The standard InChI is InChI=1S/C18H28O2/c1-3-4-5-6-7-8-13-17(18(19)20)14-16-12-10-9-11-15(16)2/h9-12,17H,3-8,13-14H2,1-2H3,(H,19,20). The summed E-state index contributed by atoms with van der Waals surface area (Å²) in [5.41, 5.74) is 2.37. The highest BCUT2D eigenvalue weighted by molar-refractivity contribution is 5.70. The number of aryl methyl sites for hydroxylation is 1. The third kappa shape index (κ3) is 6.23.